The van der Waals surface area contributed by atoms with Crippen LogP contribution in [0.1, 0.15) is 19.3 Å². The van der Waals surface area contributed by atoms with Gasteiger partial charge in [-0.25, -0.2) is 0 Å². The number of hydrogen-bond acceptors (Lipinski definition) is 3. The van der Waals surface area contributed by atoms with Crippen LogP contribution in [-0.4, -0.2) is 43.0 Å². The summed E-state index contributed by atoms with van der Waals surface area (Å²) < 4.78 is 5.25. The molecule has 0 spiro atoms. The second-order valence-corrected chi connectivity index (χ2v) is 3.84. The van der Waals surface area contributed by atoms with Gasteiger partial charge in [0.15, 0.2) is 6.29 Å². The topological polar surface area (TPSA) is 29.5 Å². The predicted octanol–water partition coefficient (Wildman–Crippen LogP) is 0.439. The number of nitrogens with zero attached hydrogens (tertiary/aromatic N) is 1. The average Bonchev–Trinajstić information content (AvgIpc) is 2.87. The van der Waals surface area contributed by atoms with Crippen LogP contribution in [0.3, 0.4) is 0 Å². The first kappa shape index (κ1) is 8.20. The zero-order valence-corrected chi connectivity index (χ0v) is 7.45. The molecule has 68 valence electrons. The van der Waals surface area contributed by atoms with E-state index in [1.165, 1.54) is 12.8 Å². The van der Waals surface area contributed by atoms with E-state index in [0.717, 1.165) is 31.8 Å². The van der Waals surface area contributed by atoms with E-state index >= 15 is 0 Å². The maximum Gasteiger partial charge on any atom is 0.153 e. The first-order valence-electron chi connectivity index (χ1n) is 4.55. The van der Waals surface area contributed by atoms with Gasteiger partial charge in [0.25, 0.3) is 0 Å². The van der Waals surface area contributed by atoms with E-state index < -0.39 is 5.60 Å². The van der Waals surface area contributed by atoms with Crippen LogP contribution in [0.25, 0.3) is 0 Å². The highest BCUT2D eigenvalue weighted by molar-refractivity contribution is 5.63. The smallest absolute Gasteiger partial charge is 0.153 e. The Hall–Kier alpha value is -0.410. The van der Waals surface area contributed by atoms with Crippen LogP contribution < -0.4 is 0 Å². The van der Waals surface area contributed by atoms with Gasteiger partial charge in [-0.2, -0.15) is 0 Å². The van der Waals surface area contributed by atoms with Crippen molar-refractivity contribution in [2.75, 3.05) is 20.2 Å². The van der Waals surface area contributed by atoms with Gasteiger partial charge in [-0.3, -0.25) is 4.90 Å². The van der Waals surface area contributed by atoms with Crippen molar-refractivity contribution in [3.63, 3.8) is 0 Å². The van der Waals surface area contributed by atoms with Crippen LogP contribution in [0.2, 0.25) is 0 Å². The Morgan fingerprint density at radius 1 is 1.58 bits per heavy atom. The summed E-state index contributed by atoms with van der Waals surface area (Å²) in [6, 6.07) is 0.752. The van der Waals surface area contributed by atoms with Crippen LogP contribution in [-0.2, 0) is 9.53 Å². The second kappa shape index (κ2) is 2.82. The molecule has 0 aromatic heterocycles. The highest BCUT2D eigenvalue weighted by Gasteiger charge is 2.43. The van der Waals surface area contributed by atoms with Gasteiger partial charge in [-0.1, -0.05) is 0 Å². The summed E-state index contributed by atoms with van der Waals surface area (Å²) >= 11 is 0. The molecular weight excluding hydrogens is 154 g/mol. The van der Waals surface area contributed by atoms with Gasteiger partial charge < -0.3 is 9.53 Å². The zero-order chi connectivity index (χ0) is 8.60. The Balaban J connectivity index is 1.98. The van der Waals surface area contributed by atoms with Crippen molar-refractivity contribution < 1.29 is 9.53 Å². The minimum Gasteiger partial charge on any atom is -0.369 e. The monoisotopic (exact) mass is 169 g/mol. The minimum absolute atomic E-state index is 0.484. The van der Waals surface area contributed by atoms with E-state index in [1.54, 1.807) is 7.11 Å². The summed E-state index contributed by atoms with van der Waals surface area (Å²) in [6.45, 7) is 1.83. The molecule has 2 aliphatic rings. The SMILES string of the molecule is COC1(C=O)CCN(C2CC2)C1. The number of hydrogen-bond donors (Lipinski definition) is 0. The molecule has 0 amide bonds. The van der Waals surface area contributed by atoms with Crippen LogP contribution in [0.5, 0.6) is 0 Å². The van der Waals surface area contributed by atoms with Gasteiger partial charge in [-0.15, -0.1) is 0 Å². The number of likely N-dealkylation sites (tertiary alicyclic amines) is 1. The molecule has 1 saturated carbocycles. The van der Waals surface area contributed by atoms with E-state index in [9.17, 15) is 4.79 Å². The Bertz CT molecular complexity index is 191. The van der Waals surface area contributed by atoms with Gasteiger partial charge in [0.1, 0.15) is 5.60 Å². The molecule has 12 heavy (non-hydrogen) atoms. The molecular formula is C9H15NO2. The highest BCUT2D eigenvalue weighted by atomic mass is 16.5. The largest absolute Gasteiger partial charge is 0.369 e. The molecule has 0 radical (unpaired) electrons. The van der Waals surface area contributed by atoms with Crippen LogP contribution in [0.4, 0.5) is 0 Å². The molecule has 0 bridgehead atoms. The Kier molecular flexibility index (Phi) is 1.93. The standard InChI is InChI=1S/C9H15NO2/c1-12-9(7-11)4-5-10(6-9)8-2-3-8/h7-8H,2-6H2,1H3. The number of ether oxygens (including phenoxy) is 1. The fourth-order valence-corrected chi connectivity index (χ4v) is 1.90. The lowest BCUT2D eigenvalue weighted by molar-refractivity contribution is -0.126. The molecule has 1 aliphatic carbocycles. The molecule has 1 unspecified atom stereocenters. The van der Waals surface area contributed by atoms with Crippen molar-refractivity contribution in [1.82, 2.24) is 4.90 Å². The number of methoxy groups -OCH3 is 1. The maximum atomic E-state index is 10.8. The Morgan fingerprint density at radius 3 is 2.75 bits per heavy atom. The lowest BCUT2D eigenvalue weighted by Gasteiger charge is -2.21. The first-order chi connectivity index (χ1) is 5.79. The molecule has 2 rings (SSSR count). The van der Waals surface area contributed by atoms with Crippen molar-refractivity contribution in [3.8, 4) is 0 Å². The molecule has 3 nitrogen and oxygen atoms in total. The lowest BCUT2D eigenvalue weighted by Crippen LogP contribution is -2.37. The molecule has 1 saturated heterocycles. The molecule has 2 fully saturated rings. The van der Waals surface area contributed by atoms with Crippen molar-refractivity contribution in [1.29, 1.82) is 0 Å². The van der Waals surface area contributed by atoms with Crippen LogP contribution >= 0.6 is 0 Å². The molecule has 1 atom stereocenters. The van der Waals surface area contributed by atoms with E-state index in [1.807, 2.05) is 0 Å². The summed E-state index contributed by atoms with van der Waals surface area (Å²) in [5.41, 5.74) is -0.484. The molecule has 3 heteroatoms. The van der Waals surface area contributed by atoms with Gasteiger partial charge >= 0.3 is 0 Å². The van der Waals surface area contributed by atoms with Crippen molar-refractivity contribution in [3.05, 3.63) is 0 Å². The van der Waals surface area contributed by atoms with Crippen molar-refractivity contribution in [2.45, 2.75) is 30.9 Å². The second-order valence-electron chi connectivity index (χ2n) is 3.84. The zero-order valence-electron chi connectivity index (χ0n) is 7.45. The number of carbonyl (C=O) groups excluding carboxylic acids is 1. The average molecular weight is 169 g/mol. The van der Waals surface area contributed by atoms with Gasteiger partial charge in [0.05, 0.1) is 0 Å². The van der Waals surface area contributed by atoms with E-state index in [4.69, 9.17) is 4.74 Å². The summed E-state index contributed by atoms with van der Waals surface area (Å²) in [5.74, 6) is 0. The summed E-state index contributed by atoms with van der Waals surface area (Å²) in [5, 5.41) is 0. The number of rotatable bonds is 3. The third kappa shape index (κ3) is 1.27. The van der Waals surface area contributed by atoms with Crippen LogP contribution in [0.15, 0.2) is 0 Å². The van der Waals surface area contributed by atoms with Crippen LogP contribution in [0, 0.1) is 0 Å². The third-order valence-corrected chi connectivity index (χ3v) is 2.98. The van der Waals surface area contributed by atoms with Gasteiger partial charge in [0.2, 0.25) is 0 Å². The van der Waals surface area contributed by atoms with Gasteiger partial charge in [0, 0.05) is 26.2 Å². The summed E-state index contributed by atoms with van der Waals surface area (Å²) in [7, 11) is 1.63. The van der Waals surface area contributed by atoms with E-state index in [0.29, 0.717) is 0 Å². The van der Waals surface area contributed by atoms with E-state index in [2.05, 4.69) is 4.90 Å². The highest BCUT2D eigenvalue weighted by Crippen LogP contribution is 2.33. The summed E-state index contributed by atoms with van der Waals surface area (Å²) in [4.78, 5) is 13.2. The fourth-order valence-electron chi connectivity index (χ4n) is 1.90. The van der Waals surface area contributed by atoms with Crippen molar-refractivity contribution >= 4 is 6.29 Å². The third-order valence-electron chi connectivity index (χ3n) is 2.98. The van der Waals surface area contributed by atoms with Gasteiger partial charge in [-0.05, 0) is 19.3 Å². The van der Waals surface area contributed by atoms with Crippen molar-refractivity contribution in [2.24, 2.45) is 0 Å². The lowest BCUT2D eigenvalue weighted by atomic mass is 10.1. The van der Waals surface area contributed by atoms with E-state index in [-0.39, 0.29) is 0 Å². The molecule has 0 N–H and O–H groups in total. The molecule has 0 aromatic carbocycles. The number of aldehydes is 1. The Morgan fingerprint density at radius 2 is 2.33 bits per heavy atom. The first-order valence-corrected chi connectivity index (χ1v) is 4.55. The maximum absolute atomic E-state index is 10.8. The Labute approximate surface area is 72.7 Å². The predicted molar refractivity (Wildman–Crippen MR) is 45.0 cm³/mol. The fraction of sp³-hybridized carbons (Fsp3) is 0.889. The number of carbonyl (C=O) groups is 1. The summed E-state index contributed by atoms with van der Waals surface area (Å²) in [6.07, 6.45) is 4.44. The quantitative estimate of drug-likeness (QED) is 0.574. The molecule has 1 heterocycles. The molecule has 1 aliphatic heterocycles. The minimum atomic E-state index is -0.484. The normalized spacial score (nSPS) is 37.1. The molecule has 0 aromatic rings.